The van der Waals surface area contributed by atoms with Crippen LogP contribution in [0.1, 0.15) is 40.5 Å². The first-order valence-corrected chi connectivity index (χ1v) is 6.96. The molecule has 0 fully saturated rings. The molecule has 3 N–H and O–H groups in total. The van der Waals surface area contributed by atoms with Crippen molar-refractivity contribution >= 4 is 10.0 Å². The third-order valence-electron chi connectivity index (χ3n) is 2.34. The summed E-state index contributed by atoms with van der Waals surface area (Å²) < 4.78 is 26.0. The standard InChI is InChI=1S/C10H24N2O2S/c1-5-9(8-11)15(13,14)12-7-6-10(2,3)4/h9,12H,5-8,11H2,1-4H3. The summed E-state index contributed by atoms with van der Waals surface area (Å²) in [4.78, 5) is 0. The summed E-state index contributed by atoms with van der Waals surface area (Å²) in [5.41, 5.74) is 5.55. The van der Waals surface area contributed by atoms with Gasteiger partial charge in [0.05, 0.1) is 5.25 Å². The second-order valence-electron chi connectivity index (χ2n) is 5.02. The molecule has 0 rings (SSSR count). The lowest BCUT2D eigenvalue weighted by atomic mass is 9.93. The lowest BCUT2D eigenvalue weighted by Crippen LogP contribution is -2.39. The number of sulfonamides is 1. The van der Waals surface area contributed by atoms with Crippen LogP contribution in [0.25, 0.3) is 0 Å². The Morgan fingerprint density at radius 3 is 2.20 bits per heavy atom. The molecule has 0 radical (unpaired) electrons. The summed E-state index contributed by atoms with van der Waals surface area (Å²) in [6.07, 6.45) is 1.38. The van der Waals surface area contributed by atoms with E-state index < -0.39 is 15.3 Å². The Bertz CT molecular complexity index is 264. The zero-order chi connectivity index (χ0) is 12.1. The molecule has 15 heavy (non-hydrogen) atoms. The Hall–Kier alpha value is -0.130. The van der Waals surface area contributed by atoms with E-state index in [9.17, 15) is 8.42 Å². The first-order chi connectivity index (χ1) is 6.73. The van der Waals surface area contributed by atoms with E-state index in [1.807, 2.05) is 6.92 Å². The van der Waals surface area contributed by atoms with Gasteiger partial charge in [0.25, 0.3) is 0 Å². The zero-order valence-electron chi connectivity index (χ0n) is 10.2. The van der Waals surface area contributed by atoms with Crippen LogP contribution in [0.5, 0.6) is 0 Å². The maximum Gasteiger partial charge on any atom is 0.215 e. The van der Waals surface area contributed by atoms with Crippen molar-refractivity contribution in [1.29, 1.82) is 0 Å². The minimum absolute atomic E-state index is 0.146. The van der Waals surface area contributed by atoms with E-state index in [0.29, 0.717) is 13.0 Å². The van der Waals surface area contributed by atoms with Gasteiger partial charge in [-0.15, -0.1) is 0 Å². The van der Waals surface area contributed by atoms with Gasteiger partial charge in [-0.1, -0.05) is 27.7 Å². The van der Waals surface area contributed by atoms with Crippen molar-refractivity contribution in [2.24, 2.45) is 11.1 Å². The molecule has 0 aromatic carbocycles. The molecule has 0 amide bonds. The summed E-state index contributed by atoms with van der Waals surface area (Å²) >= 11 is 0. The molecule has 1 atom stereocenters. The maximum atomic E-state index is 11.7. The first-order valence-electron chi connectivity index (χ1n) is 5.41. The highest BCUT2D eigenvalue weighted by Crippen LogP contribution is 2.17. The topological polar surface area (TPSA) is 72.2 Å². The van der Waals surface area contributed by atoms with Gasteiger partial charge in [0.15, 0.2) is 0 Å². The third kappa shape index (κ3) is 6.12. The Balaban J connectivity index is 4.16. The van der Waals surface area contributed by atoms with Crippen molar-refractivity contribution in [3.63, 3.8) is 0 Å². The molecule has 4 nitrogen and oxygen atoms in total. The summed E-state index contributed by atoms with van der Waals surface area (Å²) in [6, 6.07) is 0. The highest BCUT2D eigenvalue weighted by molar-refractivity contribution is 7.90. The Labute approximate surface area is 93.7 Å². The van der Waals surface area contributed by atoms with Crippen LogP contribution in [-0.2, 0) is 10.0 Å². The van der Waals surface area contributed by atoms with E-state index in [0.717, 1.165) is 6.42 Å². The van der Waals surface area contributed by atoms with E-state index in [4.69, 9.17) is 5.73 Å². The van der Waals surface area contributed by atoms with Crippen LogP contribution in [0, 0.1) is 5.41 Å². The molecule has 0 aromatic rings. The molecular formula is C10H24N2O2S. The predicted octanol–water partition coefficient (Wildman–Crippen LogP) is 1.08. The van der Waals surface area contributed by atoms with Crippen molar-refractivity contribution < 1.29 is 8.42 Å². The van der Waals surface area contributed by atoms with Crippen molar-refractivity contribution in [2.45, 2.75) is 45.8 Å². The highest BCUT2D eigenvalue weighted by atomic mass is 32.2. The van der Waals surface area contributed by atoms with Crippen LogP contribution in [0.15, 0.2) is 0 Å². The lowest BCUT2D eigenvalue weighted by molar-refractivity contribution is 0.378. The van der Waals surface area contributed by atoms with E-state index >= 15 is 0 Å². The molecule has 0 aliphatic heterocycles. The Morgan fingerprint density at radius 1 is 1.33 bits per heavy atom. The molecule has 0 spiro atoms. The van der Waals surface area contributed by atoms with Gasteiger partial charge >= 0.3 is 0 Å². The minimum atomic E-state index is -3.22. The zero-order valence-corrected chi connectivity index (χ0v) is 11.0. The first kappa shape index (κ1) is 14.9. The summed E-state index contributed by atoms with van der Waals surface area (Å²) in [5, 5.41) is -0.461. The average Bonchev–Trinajstić information content (AvgIpc) is 2.02. The van der Waals surface area contributed by atoms with E-state index in [-0.39, 0.29) is 12.0 Å². The average molecular weight is 236 g/mol. The van der Waals surface area contributed by atoms with Crippen LogP contribution >= 0.6 is 0 Å². The molecule has 92 valence electrons. The molecule has 1 unspecified atom stereocenters. The highest BCUT2D eigenvalue weighted by Gasteiger charge is 2.22. The fraction of sp³-hybridized carbons (Fsp3) is 1.00. The van der Waals surface area contributed by atoms with Gasteiger partial charge in [-0.3, -0.25) is 0 Å². The molecule has 0 heterocycles. The number of nitrogens with two attached hydrogens (primary N) is 1. The van der Waals surface area contributed by atoms with E-state index in [1.165, 1.54) is 0 Å². The third-order valence-corrected chi connectivity index (χ3v) is 4.35. The van der Waals surface area contributed by atoms with Gasteiger partial charge in [-0.25, -0.2) is 13.1 Å². The number of rotatable bonds is 6. The van der Waals surface area contributed by atoms with Gasteiger partial charge in [0.2, 0.25) is 10.0 Å². The summed E-state index contributed by atoms with van der Waals surface area (Å²) in [7, 11) is -3.22. The Morgan fingerprint density at radius 2 is 1.87 bits per heavy atom. The van der Waals surface area contributed by atoms with Crippen LogP contribution in [-0.4, -0.2) is 26.8 Å². The fourth-order valence-corrected chi connectivity index (χ4v) is 2.51. The predicted molar refractivity (Wildman–Crippen MR) is 64.1 cm³/mol. The van der Waals surface area contributed by atoms with Crippen LogP contribution < -0.4 is 10.5 Å². The van der Waals surface area contributed by atoms with E-state index in [1.54, 1.807) is 0 Å². The lowest BCUT2D eigenvalue weighted by Gasteiger charge is -2.20. The summed E-state index contributed by atoms with van der Waals surface area (Å²) in [6.45, 7) is 8.76. The van der Waals surface area contributed by atoms with Gasteiger partial charge in [-0.2, -0.15) is 0 Å². The summed E-state index contributed by atoms with van der Waals surface area (Å²) in [5.74, 6) is 0. The van der Waals surface area contributed by atoms with Gasteiger partial charge in [0.1, 0.15) is 0 Å². The Kier molecular flexibility index (Phi) is 5.77. The quantitative estimate of drug-likeness (QED) is 0.725. The number of nitrogens with one attached hydrogen (secondary N) is 1. The molecular weight excluding hydrogens is 212 g/mol. The van der Waals surface area contributed by atoms with Gasteiger partial charge in [-0.05, 0) is 18.3 Å². The van der Waals surface area contributed by atoms with Crippen molar-refractivity contribution in [3.8, 4) is 0 Å². The number of hydrogen-bond donors (Lipinski definition) is 2. The minimum Gasteiger partial charge on any atom is -0.329 e. The normalized spacial score (nSPS) is 15.3. The molecule has 0 aliphatic rings. The van der Waals surface area contributed by atoms with Gasteiger partial charge < -0.3 is 5.73 Å². The van der Waals surface area contributed by atoms with Crippen molar-refractivity contribution in [3.05, 3.63) is 0 Å². The SMILES string of the molecule is CCC(CN)S(=O)(=O)NCCC(C)(C)C. The van der Waals surface area contributed by atoms with Crippen molar-refractivity contribution in [2.75, 3.05) is 13.1 Å². The molecule has 0 saturated carbocycles. The van der Waals surface area contributed by atoms with E-state index in [2.05, 4.69) is 25.5 Å². The molecule has 5 heteroatoms. The van der Waals surface area contributed by atoms with Crippen LogP contribution in [0.2, 0.25) is 0 Å². The molecule has 0 bridgehead atoms. The monoisotopic (exact) mass is 236 g/mol. The molecule has 0 aromatic heterocycles. The fourth-order valence-electron chi connectivity index (χ4n) is 1.20. The second-order valence-corrected chi connectivity index (χ2v) is 7.06. The smallest absolute Gasteiger partial charge is 0.215 e. The maximum absolute atomic E-state index is 11.7. The molecule has 0 saturated heterocycles. The number of hydrogen-bond acceptors (Lipinski definition) is 3. The second kappa shape index (κ2) is 5.82. The van der Waals surface area contributed by atoms with Crippen LogP contribution in [0.4, 0.5) is 0 Å². The molecule has 0 aliphatic carbocycles. The van der Waals surface area contributed by atoms with Gasteiger partial charge in [0, 0.05) is 13.1 Å². The largest absolute Gasteiger partial charge is 0.329 e. The van der Waals surface area contributed by atoms with Crippen molar-refractivity contribution in [1.82, 2.24) is 4.72 Å². The van der Waals surface area contributed by atoms with Crippen LogP contribution in [0.3, 0.4) is 0 Å².